The Labute approximate surface area is 130 Å². The molecule has 1 aromatic carbocycles. The SMILES string of the molecule is CCCNc1ncccc1COc1c(F)cc(F)cc1Br. The van der Waals surface area contributed by atoms with Gasteiger partial charge >= 0.3 is 0 Å². The molecule has 2 aromatic rings. The van der Waals surface area contributed by atoms with Crippen LogP contribution in [0.4, 0.5) is 14.6 Å². The van der Waals surface area contributed by atoms with Crippen LogP contribution in [0.1, 0.15) is 18.9 Å². The van der Waals surface area contributed by atoms with Gasteiger partial charge in [0, 0.05) is 24.4 Å². The number of pyridine rings is 1. The van der Waals surface area contributed by atoms with Gasteiger partial charge in [0.1, 0.15) is 18.2 Å². The fourth-order valence-electron chi connectivity index (χ4n) is 1.77. The van der Waals surface area contributed by atoms with Gasteiger partial charge in [-0.1, -0.05) is 13.0 Å². The maximum absolute atomic E-state index is 13.7. The summed E-state index contributed by atoms with van der Waals surface area (Å²) in [6, 6.07) is 5.59. The van der Waals surface area contributed by atoms with Crippen LogP contribution < -0.4 is 10.1 Å². The number of hydrogen-bond donors (Lipinski definition) is 1. The summed E-state index contributed by atoms with van der Waals surface area (Å²) < 4.78 is 32.4. The van der Waals surface area contributed by atoms with Crippen molar-refractivity contribution >= 4 is 21.7 Å². The molecule has 0 aliphatic carbocycles. The Bertz CT molecular complexity index is 599. The maximum Gasteiger partial charge on any atom is 0.169 e. The number of rotatable bonds is 6. The van der Waals surface area contributed by atoms with Crippen molar-refractivity contribution in [1.82, 2.24) is 4.98 Å². The number of aromatic nitrogens is 1. The van der Waals surface area contributed by atoms with Crippen LogP contribution in [-0.2, 0) is 6.61 Å². The third-order valence-electron chi connectivity index (χ3n) is 2.77. The van der Waals surface area contributed by atoms with Crippen molar-refractivity contribution in [2.75, 3.05) is 11.9 Å². The molecular weight excluding hydrogens is 342 g/mol. The van der Waals surface area contributed by atoms with Gasteiger partial charge in [-0.05, 0) is 34.5 Å². The maximum atomic E-state index is 13.7. The molecule has 0 bridgehead atoms. The van der Waals surface area contributed by atoms with Crippen LogP contribution in [0.2, 0.25) is 0 Å². The molecule has 6 heteroatoms. The topological polar surface area (TPSA) is 34.2 Å². The first kappa shape index (κ1) is 15.7. The van der Waals surface area contributed by atoms with Gasteiger partial charge in [0.25, 0.3) is 0 Å². The number of hydrogen-bond acceptors (Lipinski definition) is 3. The van der Waals surface area contributed by atoms with Crippen molar-refractivity contribution in [2.24, 2.45) is 0 Å². The first-order valence-electron chi connectivity index (χ1n) is 6.57. The summed E-state index contributed by atoms with van der Waals surface area (Å²) in [7, 11) is 0. The Morgan fingerprint density at radius 3 is 2.86 bits per heavy atom. The largest absolute Gasteiger partial charge is 0.484 e. The van der Waals surface area contributed by atoms with E-state index >= 15 is 0 Å². The smallest absolute Gasteiger partial charge is 0.169 e. The number of nitrogens with one attached hydrogen (secondary N) is 1. The lowest BCUT2D eigenvalue weighted by Gasteiger charge is -2.13. The van der Waals surface area contributed by atoms with Gasteiger partial charge < -0.3 is 10.1 Å². The third-order valence-corrected chi connectivity index (χ3v) is 3.36. The van der Waals surface area contributed by atoms with Crippen molar-refractivity contribution in [1.29, 1.82) is 0 Å². The van der Waals surface area contributed by atoms with E-state index in [1.54, 1.807) is 12.3 Å². The van der Waals surface area contributed by atoms with Crippen molar-refractivity contribution < 1.29 is 13.5 Å². The predicted molar refractivity (Wildman–Crippen MR) is 81.4 cm³/mol. The van der Waals surface area contributed by atoms with Gasteiger partial charge in [0.2, 0.25) is 0 Å². The third kappa shape index (κ3) is 4.14. The Morgan fingerprint density at radius 1 is 1.33 bits per heavy atom. The molecule has 0 atom stereocenters. The van der Waals surface area contributed by atoms with Gasteiger partial charge in [-0.2, -0.15) is 0 Å². The van der Waals surface area contributed by atoms with E-state index in [4.69, 9.17) is 4.74 Å². The number of ether oxygens (including phenoxy) is 1. The van der Waals surface area contributed by atoms with E-state index in [2.05, 4.69) is 33.2 Å². The molecule has 1 heterocycles. The van der Waals surface area contributed by atoms with Crippen LogP contribution in [0, 0.1) is 11.6 Å². The first-order chi connectivity index (χ1) is 10.1. The van der Waals surface area contributed by atoms with E-state index in [9.17, 15) is 8.78 Å². The van der Waals surface area contributed by atoms with E-state index in [1.807, 2.05) is 6.07 Å². The highest BCUT2D eigenvalue weighted by molar-refractivity contribution is 9.10. The van der Waals surface area contributed by atoms with Crippen LogP contribution in [0.15, 0.2) is 34.9 Å². The molecular formula is C15H15BrF2N2O. The lowest BCUT2D eigenvalue weighted by Crippen LogP contribution is -2.07. The predicted octanol–water partition coefficient (Wildman–Crippen LogP) is 4.52. The second-order valence-corrected chi connectivity index (χ2v) is 5.28. The highest BCUT2D eigenvalue weighted by atomic mass is 79.9. The standard InChI is InChI=1S/C15H15BrF2N2O/c1-2-5-19-15-10(4-3-6-20-15)9-21-14-12(16)7-11(17)8-13(14)18/h3-4,6-8H,2,5,9H2,1H3,(H,19,20). The molecule has 1 N–H and O–H groups in total. The fourth-order valence-corrected chi connectivity index (χ4v) is 2.30. The van der Waals surface area contributed by atoms with Crippen molar-refractivity contribution in [3.8, 4) is 5.75 Å². The van der Waals surface area contributed by atoms with Crippen LogP contribution in [0.3, 0.4) is 0 Å². The molecule has 3 nitrogen and oxygen atoms in total. The molecule has 0 radical (unpaired) electrons. The highest BCUT2D eigenvalue weighted by Gasteiger charge is 2.12. The normalized spacial score (nSPS) is 10.5. The zero-order chi connectivity index (χ0) is 15.2. The van der Waals surface area contributed by atoms with Gasteiger partial charge in [-0.3, -0.25) is 0 Å². The van der Waals surface area contributed by atoms with Gasteiger partial charge in [-0.15, -0.1) is 0 Å². The zero-order valence-electron chi connectivity index (χ0n) is 11.5. The molecule has 21 heavy (non-hydrogen) atoms. The molecule has 0 saturated heterocycles. The Hall–Kier alpha value is -1.69. The second kappa shape index (κ2) is 7.36. The van der Waals surface area contributed by atoms with Crippen LogP contribution in [0.5, 0.6) is 5.75 Å². The average molecular weight is 357 g/mol. The number of benzene rings is 1. The number of halogens is 3. The summed E-state index contributed by atoms with van der Waals surface area (Å²) in [5.41, 5.74) is 0.807. The molecule has 0 fully saturated rings. The van der Waals surface area contributed by atoms with Crippen LogP contribution in [0.25, 0.3) is 0 Å². The summed E-state index contributed by atoms with van der Waals surface area (Å²) in [5, 5.41) is 3.18. The number of nitrogens with zero attached hydrogens (tertiary/aromatic N) is 1. The highest BCUT2D eigenvalue weighted by Crippen LogP contribution is 2.30. The van der Waals surface area contributed by atoms with Crippen molar-refractivity contribution in [3.63, 3.8) is 0 Å². The fraction of sp³-hybridized carbons (Fsp3) is 0.267. The molecule has 0 saturated carbocycles. The van der Waals surface area contributed by atoms with Crippen molar-refractivity contribution in [2.45, 2.75) is 20.0 Å². The quantitative estimate of drug-likeness (QED) is 0.825. The molecule has 2 rings (SSSR count). The minimum atomic E-state index is -0.742. The Morgan fingerprint density at radius 2 is 2.14 bits per heavy atom. The van der Waals surface area contributed by atoms with E-state index in [0.717, 1.165) is 30.7 Å². The lowest BCUT2D eigenvalue weighted by molar-refractivity contribution is 0.287. The summed E-state index contributed by atoms with van der Waals surface area (Å²) in [4.78, 5) is 4.23. The van der Waals surface area contributed by atoms with E-state index in [1.165, 1.54) is 0 Å². The molecule has 112 valence electrons. The molecule has 1 aromatic heterocycles. The summed E-state index contributed by atoms with van der Waals surface area (Å²) >= 11 is 3.10. The van der Waals surface area contributed by atoms with E-state index in [0.29, 0.717) is 5.82 Å². The minimum Gasteiger partial charge on any atom is -0.484 e. The Kier molecular flexibility index (Phi) is 5.50. The van der Waals surface area contributed by atoms with Gasteiger partial charge in [-0.25, -0.2) is 13.8 Å². The lowest BCUT2D eigenvalue weighted by atomic mass is 10.2. The molecule has 0 aliphatic heterocycles. The number of anilines is 1. The van der Waals surface area contributed by atoms with E-state index in [-0.39, 0.29) is 16.8 Å². The van der Waals surface area contributed by atoms with Gasteiger partial charge in [0.05, 0.1) is 4.47 Å². The molecule has 0 spiro atoms. The Balaban J connectivity index is 2.13. The van der Waals surface area contributed by atoms with Crippen LogP contribution >= 0.6 is 15.9 Å². The van der Waals surface area contributed by atoms with Crippen LogP contribution in [-0.4, -0.2) is 11.5 Å². The average Bonchev–Trinajstić information content (AvgIpc) is 2.45. The summed E-state index contributed by atoms with van der Waals surface area (Å²) in [6.45, 7) is 2.98. The summed E-state index contributed by atoms with van der Waals surface area (Å²) in [5.74, 6) is -0.702. The summed E-state index contributed by atoms with van der Waals surface area (Å²) in [6.07, 6.45) is 2.64. The van der Waals surface area contributed by atoms with E-state index < -0.39 is 11.6 Å². The molecule has 0 amide bonds. The molecule has 0 aliphatic rings. The minimum absolute atomic E-state index is 0.0123. The first-order valence-corrected chi connectivity index (χ1v) is 7.36. The van der Waals surface area contributed by atoms with Crippen molar-refractivity contribution in [3.05, 3.63) is 52.1 Å². The second-order valence-electron chi connectivity index (χ2n) is 4.43. The van der Waals surface area contributed by atoms with Gasteiger partial charge in [0.15, 0.2) is 11.6 Å². The zero-order valence-corrected chi connectivity index (χ0v) is 13.1. The monoisotopic (exact) mass is 356 g/mol. The molecule has 0 unspecified atom stereocenters.